The van der Waals surface area contributed by atoms with Gasteiger partial charge in [0.1, 0.15) is 18.4 Å². The van der Waals surface area contributed by atoms with E-state index in [2.05, 4.69) is 10.6 Å². The van der Waals surface area contributed by atoms with Crippen LogP contribution in [0.5, 0.6) is 5.75 Å². The lowest BCUT2D eigenvalue weighted by Crippen LogP contribution is -2.43. The number of halogens is 2. The van der Waals surface area contributed by atoms with Gasteiger partial charge in [0.25, 0.3) is 0 Å². The molecule has 1 unspecified atom stereocenters. The Morgan fingerprint density at radius 1 is 1.07 bits per heavy atom. The number of anilines is 1. The molecule has 0 radical (unpaired) electrons. The third-order valence-corrected chi connectivity index (χ3v) is 4.05. The minimum atomic E-state index is -1.11. The number of urea groups is 1. The number of unbranched alkanes of at least 4 members (excludes halogenated alkanes) is 1. The number of nitrogens with one attached hydrogen (secondary N) is 2. The summed E-state index contributed by atoms with van der Waals surface area (Å²) in [7, 11) is 0. The van der Waals surface area contributed by atoms with Crippen LogP contribution >= 0.6 is 0 Å². The normalized spacial score (nSPS) is 11.6. The summed E-state index contributed by atoms with van der Waals surface area (Å²) in [5.74, 6) is -2.52. The lowest BCUT2D eigenvalue weighted by molar-refractivity contribution is -0.139. The van der Waals surface area contributed by atoms with Gasteiger partial charge in [-0.15, -0.1) is 0 Å². The van der Waals surface area contributed by atoms with Crippen LogP contribution in [0.3, 0.4) is 0 Å². The molecule has 0 fully saturated rings. The molecular formula is C20H23F2N3O4. The Hall–Kier alpha value is -3.20. The number of carboxylic acids is 1. The Morgan fingerprint density at radius 2 is 1.79 bits per heavy atom. The van der Waals surface area contributed by atoms with Crippen molar-refractivity contribution in [3.05, 3.63) is 59.7 Å². The number of aliphatic carboxylic acids is 1. The Morgan fingerprint density at radius 3 is 2.41 bits per heavy atom. The Kier molecular flexibility index (Phi) is 8.35. The van der Waals surface area contributed by atoms with E-state index >= 15 is 0 Å². The molecule has 0 bridgehead atoms. The van der Waals surface area contributed by atoms with Gasteiger partial charge in [-0.2, -0.15) is 0 Å². The smallest absolute Gasteiger partial charge is 0.326 e. The minimum Gasteiger partial charge on any atom is -0.489 e. The summed E-state index contributed by atoms with van der Waals surface area (Å²) in [6.45, 7) is 0.511. The van der Waals surface area contributed by atoms with Crippen molar-refractivity contribution >= 4 is 17.7 Å². The molecule has 0 aliphatic rings. The number of rotatable bonds is 10. The highest BCUT2D eigenvalue weighted by atomic mass is 19.2. The minimum absolute atomic E-state index is 0.0492. The maximum atomic E-state index is 13.2. The van der Waals surface area contributed by atoms with Crippen molar-refractivity contribution in [1.29, 1.82) is 0 Å². The van der Waals surface area contributed by atoms with Gasteiger partial charge >= 0.3 is 12.0 Å². The van der Waals surface area contributed by atoms with Crippen LogP contribution in [0.25, 0.3) is 0 Å². The molecule has 1 atom stereocenters. The third-order valence-electron chi connectivity index (χ3n) is 4.05. The maximum absolute atomic E-state index is 13.2. The van der Waals surface area contributed by atoms with Crippen molar-refractivity contribution in [3.63, 3.8) is 0 Å². The van der Waals surface area contributed by atoms with Crippen molar-refractivity contribution in [3.8, 4) is 5.75 Å². The van der Waals surface area contributed by atoms with Crippen molar-refractivity contribution < 1.29 is 28.2 Å². The molecule has 0 aliphatic heterocycles. The van der Waals surface area contributed by atoms with Crippen molar-refractivity contribution in [2.45, 2.75) is 31.9 Å². The van der Waals surface area contributed by atoms with Gasteiger partial charge in [-0.05, 0) is 67.8 Å². The number of amides is 2. The first-order valence-electron chi connectivity index (χ1n) is 9.06. The van der Waals surface area contributed by atoms with Gasteiger partial charge in [0.15, 0.2) is 11.6 Å². The second-order valence-corrected chi connectivity index (χ2v) is 6.34. The summed E-state index contributed by atoms with van der Waals surface area (Å²) in [4.78, 5) is 23.2. The van der Waals surface area contributed by atoms with Crippen LogP contribution in [0.1, 0.15) is 24.8 Å². The van der Waals surface area contributed by atoms with E-state index in [1.807, 2.05) is 0 Å². The molecule has 0 aromatic heterocycles. The summed E-state index contributed by atoms with van der Waals surface area (Å²) in [5.41, 5.74) is 6.30. The van der Waals surface area contributed by atoms with E-state index in [1.165, 1.54) is 6.07 Å². The highest BCUT2D eigenvalue weighted by Crippen LogP contribution is 2.18. The van der Waals surface area contributed by atoms with Gasteiger partial charge in [-0.25, -0.2) is 18.4 Å². The average Bonchev–Trinajstić information content (AvgIpc) is 2.69. The number of carbonyl (C=O) groups excluding carboxylic acids is 1. The highest BCUT2D eigenvalue weighted by molar-refractivity contribution is 5.92. The topological polar surface area (TPSA) is 114 Å². The van der Waals surface area contributed by atoms with E-state index in [1.54, 1.807) is 24.3 Å². The second-order valence-electron chi connectivity index (χ2n) is 6.34. The molecule has 156 valence electrons. The molecule has 0 aliphatic carbocycles. The van der Waals surface area contributed by atoms with Gasteiger partial charge in [-0.3, -0.25) is 0 Å². The van der Waals surface area contributed by atoms with Crippen LogP contribution in [0.2, 0.25) is 0 Å². The van der Waals surface area contributed by atoms with E-state index in [0.29, 0.717) is 36.4 Å². The summed E-state index contributed by atoms with van der Waals surface area (Å²) in [6.07, 6.45) is 1.56. The lowest BCUT2D eigenvalue weighted by atomic mass is 10.1. The molecule has 2 aromatic rings. The molecule has 9 heteroatoms. The van der Waals surface area contributed by atoms with Gasteiger partial charge < -0.3 is 26.2 Å². The first-order valence-corrected chi connectivity index (χ1v) is 9.06. The number of nitrogens with two attached hydrogens (primary N) is 1. The fourth-order valence-electron chi connectivity index (χ4n) is 2.51. The molecule has 0 heterocycles. The molecular weight excluding hydrogens is 384 g/mol. The molecule has 2 aromatic carbocycles. The molecule has 2 amide bonds. The van der Waals surface area contributed by atoms with Crippen LogP contribution in [-0.4, -0.2) is 29.7 Å². The number of ether oxygens (including phenoxy) is 1. The molecule has 5 N–H and O–H groups in total. The maximum Gasteiger partial charge on any atom is 0.326 e. The number of carbonyl (C=O) groups is 2. The summed E-state index contributed by atoms with van der Waals surface area (Å²) in [6, 6.07) is 8.19. The number of hydrogen-bond acceptors (Lipinski definition) is 4. The van der Waals surface area contributed by atoms with E-state index < -0.39 is 29.7 Å². The lowest BCUT2D eigenvalue weighted by Gasteiger charge is -2.15. The summed E-state index contributed by atoms with van der Waals surface area (Å²) < 4.78 is 31.6. The van der Waals surface area contributed by atoms with E-state index in [9.17, 15) is 23.5 Å². The van der Waals surface area contributed by atoms with E-state index in [-0.39, 0.29) is 13.0 Å². The van der Waals surface area contributed by atoms with Gasteiger partial charge in [0.2, 0.25) is 0 Å². The zero-order valence-electron chi connectivity index (χ0n) is 15.7. The number of benzene rings is 2. The van der Waals surface area contributed by atoms with E-state index in [4.69, 9.17) is 10.5 Å². The highest BCUT2D eigenvalue weighted by Gasteiger charge is 2.19. The van der Waals surface area contributed by atoms with Crippen LogP contribution in [-0.2, 0) is 11.4 Å². The standard InChI is InChI=1S/C20H23F2N3O4/c21-16-9-4-13(11-17(16)22)12-29-15-7-5-14(6-8-15)24-20(28)25-18(19(26)27)3-1-2-10-23/h4-9,11,18H,1-3,10,12,23H2,(H,26,27)(H2,24,25,28). The zero-order chi connectivity index (χ0) is 21.2. The predicted molar refractivity (Wildman–Crippen MR) is 104 cm³/mol. The molecule has 7 nitrogen and oxygen atoms in total. The number of hydrogen-bond donors (Lipinski definition) is 4. The van der Waals surface area contributed by atoms with Crippen molar-refractivity contribution in [1.82, 2.24) is 5.32 Å². The van der Waals surface area contributed by atoms with Crippen LogP contribution in [0.15, 0.2) is 42.5 Å². The van der Waals surface area contributed by atoms with Crippen LogP contribution in [0.4, 0.5) is 19.3 Å². The number of carboxylic acid groups (broad SMARTS) is 1. The summed E-state index contributed by atoms with van der Waals surface area (Å²) >= 11 is 0. The fraction of sp³-hybridized carbons (Fsp3) is 0.300. The molecule has 0 saturated heterocycles. The van der Waals surface area contributed by atoms with Gasteiger partial charge in [0, 0.05) is 5.69 Å². The Balaban J connectivity index is 1.84. The Bertz CT molecular complexity index is 831. The predicted octanol–water partition coefficient (Wildman–Crippen LogP) is 3.25. The van der Waals surface area contributed by atoms with Crippen molar-refractivity contribution in [2.75, 3.05) is 11.9 Å². The Labute approximate surface area is 166 Å². The third kappa shape index (κ3) is 7.38. The van der Waals surface area contributed by atoms with Gasteiger partial charge in [-0.1, -0.05) is 6.07 Å². The molecule has 0 spiro atoms. The second kappa shape index (κ2) is 11.0. The monoisotopic (exact) mass is 407 g/mol. The van der Waals surface area contributed by atoms with E-state index in [0.717, 1.165) is 12.1 Å². The SMILES string of the molecule is NCCCCC(NC(=O)Nc1ccc(OCc2ccc(F)c(F)c2)cc1)C(=O)O. The quantitative estimate of drug-likeness (QED) is 0.452. The fourth-order valence-corrected chi connectivity index (χ4v) is 2.51. The van der Waals surface area contributed by atoms with Gasteiger partial charge in [0.05, 0.1) is 0 Å². The first-order chi connectivity index (χ1) is 13.9. The molecule has 0 saturated carbocycles. The van der Waals surface area contributed by atoms with Crippen LogP contribution in [0, 0.1) is 11.6 Å². The molecule has 29 heavy (non-hydrogen) atoms. The zero-order valence-corrected chi connectivity index (χ0v) is 15.7. The largest absolute Gasteiger partial charge is 0.489 e. The average molecular weight is 407 g/mol. The van der Waals surface area contributed by atoms with Crippen molar-refractivity contribution in [2.24, 2.45) is 5.73 Å². The first kappa shape index (κ1) is 22.1. The molecule has 2 rings (SSSR count). The summed E-state index contributed by atoms with van der Waals surface area (Å²) in [5, 5.41) is 14.1. The van der Waals surface area contributed by atoms with Crippen LogP contribution < -0.4 is 21.1 Å².